The Hall–Kier alpha value is -2.15. The largest absolute Gasteiger partial charge is 0.310 e. The van der Waals surface area contributed by atoms with E-state index < -0.39 is 10.0 Å². The molecule has 1 fully saturated rings. The number of hydrogen-bond donors (Lipinski definition) is 2. The second kappa shape index (κ2) is 9.98. The van der Waals surface area contributed by atoms with Gasteiger partial charge in [0, 0.05) is 17.5 Å². The summed E-state index contributed by atoms with van der Waals surface area (Å²) >= 11 is 1.29. The Morgan fingerprint density at radius 2 is 1.68 bits per heavy atom. The zero-order chi connectivity index (χ0) is 21.7. The highest BCUT2D eigenvalue weighted by Gasteiger charge is 2.20. The van der Waals surface area contributed by atoms with Crippen molar-refractivity contribution >= 4 is 27.0 Å². The average Bonchev–Trinajstić information content (AvgIpc) is 3.46. The first kappa shape index (κ1) is 22.1. The summed E-state index contributed by atoms with van der Waals surface area (Å²) in [7, 11) is -3.64. The summed E-state index contributed by atoms with van der Waals surface area (Å²) in [5.74, 6) is 0.828. The molecule has 3 aromatic rings. The van der Waals surface area contributed by atoms with Crippen LogP contribution in [0.1, 0.15) is 44.6 Å². The summed E-state index contributed by atoms with van der Waals surface area (Å²) in [6, 6.07) is 21.5. The highest BCUT2D eigenvalue weighted by Crippen LogP contribution is 2.32. The molecule has 1 aromatic heterocycles. The van der Waals surface area contributed by atoms with Crippen LogP contribution in [0.4, 0.5) is 5.69 Å². The summed E-state index contributed by atoms with van der Waals surface area (Å²) in [6.07, 6.45) is 6.58. The molecule has 0 radical (unpaired) electrons. The molecule has 6 heteroatoms. The smallest absolute Gasteiger partial charge is 0.271 e. The van der Waals surface area contributed by atoms with Crippen LogP contribution in [-0.4, -0.2) is 14.5 Å². The number of benzene rings is 2. The first-order chi connectivity index (χ1) is 15.0. The average molecular weight is 455 g/mol. The van der Waals surface area contributed by atoms with E-state index in [1.165, 1.54) is 43.4 Å². The Bertz CT molecular complexity index is 1090. The first-order valence-corrected chi connectivity index (χ1v) is 13.3. The number of nitrogens with one attached hydrogen (secondary N) is 2. The minimum atomic E-state index is -3.64. The van der Waals surface area contributed by atoms with Gasteiger partial charge in [0.15, 0.2) is 0 Å². The van der Waals surface area contributed by atoms with Gasteiger partial charge in [-0.1, -0.05) is 74.2 Å². The third kappa shape index (κ3) is 5.76. The molecular weight excluding hydrogens is 424 g/mol. The minimum absolute atomic E-state index is 0.323. The molecule has 0 unspecified atom stereocenters. The van der Waals surface area contributed by atoms with Gasteiger partial charge in [0.1, 0.15) is 4.21 Å². The Kier molecular flexibility index (Phi) is 7.10. The Labute approximate surface area is 189 Å². The summed E-state index contributed by atoms with van der Waals surface area (Å²) in [6.45, 7) is 2.87. The van der Waals surface area contributed by atoms with Crippen LogP contribution < -0.4 is 10.0 Å². The number of sulfonamides is 1. The Morgan fingerprint density at radius 1 is 0.968 bits per heavy atom. The number of rotatable bonds is 9. The van der Waals surface area contributed by atoms with E-state index in [9.17, 15) is 8.42 Å². The van der Waals surface area contributed by atoms with Crippen molar-refractivity contribution in [3.05, 3.63) is 72.3 Å². The molecule has 1 aliphatic carbocycles. The van der Waals surface area contributed by atoms with Crippen LogP contribution in [-0.2, 0) is 16.6 Å². The summed E-state index contributed by atoms with van der Waals surface area (Å²) < 4.78 is 29.2. The summed E-state index contributed by atoms with van der Waals surface area (Å²) in [4.78, 5) is 0.941. The molecule has 0 amide bonds. The van der Waals surface area contributed by atoms with Crippen molar-refractivity contribution in [2.45, 2.75) is 55.8 Å². The van der Waals surface area contributed by atoms with Gasteiger partial charge in [0.25, 0.3) is 10.0 Å². The predicted molar refractivity (Wildman–Crippen MR) is 130 cm³/mol. The maximum Gasteiger partial charge on any atom is 0.271 e. The van der Waals surface area contributed by atoms with Crippen molar-refractivity contribution in [3.8, 4) is 10.4 Å². The molecule has 31 heavy (non-hydrogen) atoms. The van der Waals surface area contributed by atoms with Crippen molar-refractivity contribution in [1.82, 2.24) is 5.32 Å². The van der Waals surface area contributed by atoms with Crippen LogP contribution in [0.25, 0.3) is 10.4 Å². The normalized spacial score (nSPS) is 15.8. The van der Waals surface area contributed by atoms with Gasteiger partial charge in [-0.25, -0.2) is 8.42 Å². The van der Waals surface area contributed by atoms with Gasteiger partial charge in [0.2, 0.25) is 0 Å². The monoisotopic (exact) mass is 454 g/mol. The van der Waals surface area contributed by atoms with E-state index in [4.69, 9.17) is 0 Å². The maximum absolute atomic E-state index is 13.0. The SMILES string of the molecule is C[C@@H](CC1CCCC1)NCc1ccccc1NS(=O)(=O)c1ccc(-c2ccccc2)s1. The van der Waals surface area contributed by atoms with E-state index in [-0.39, 0.29) is 0 Å². The molecule has 0 bridgehead atoms. The van der Waals surface area contributed by atoms with Gasteiger partial charge in [-0.15, -0.1) is 11.3 Å². The van der Waals surface area contributed by atoms with Gasteiger partial charge < -0.3 is 5.32 Å². The lowest BCUT2D eigenvalue weighted by molar-refractivity contribution is 0.404. The topological polar surface area (TPSA) is 58.2 Å². The molecule has 4 rings (SSSR count). The van der Waals surface area contributed by atoms with Crippen molar-refractivity contribution in [2.75, 3.05) is 4.72 Å². The predicted octanol–water partition coefficient (Wildman–Crippen LogP) is 6.27. The van der Waals surface area contributed by atoms with E-state index in [2.05, 4.69) is 17.0 Å². The fraction of sp³-hybridized carbons (Fsp3) is 0.360. The van der Waals surface area contributed by atoms with Crippen LogP contribution in [0.2, 0.25) is 0 Å². The molecule has 164 valence electrons. The van der Waals surface area contributed by atoms with Crippen LogP contribution in [0, 0.1) is 5.92 Å². The van der Waals surface area contributed by atoms with Crippen LogP contribution in [0.3, 0.4) is 0 Å². The van der Waals surface area contributed by atoms with Gasteiger partial charge in [-0.2, -0.15) is 0 Å². The molecule has 1 aliphatic rings. The zero-order valence-corrected chi connectivity index (χ0v) is 19.5. The zero-order valence-electron chi connectivity index (χ0n) is 17.9. The Morgan fingerprint density at radius 3 is 2.45 bits per heavy atom. The molecule has 0 saturated heterocycles. The third-order valence-electron chi connectivity index (χ3n) is 5.97. The molecule has 1 heterocycles. The third-order valence-corrected chi connectivity index (χ3v) is 8.96. The summed E-state index contributed by atoms with van der Waals surface area (Å²) in [5.41, 5.74) is 2.62. The molecule has 2 N–H and O–H groups in total. The number of para-hydroxylation sites is 1. The first-order valence-electron chi connectivity index (χ1n) is 11.0. The van der Waals surface area contributed by atoms with Crippen LogP contribution in [0.15, 0.2) is 70.9 Å². The fourth-order valence-corrected chi connectivity index (χ4v) is 6.72. The van der Waals surface area contributed by atoms with E-state index >= 15 is 0 Å². The lowest BCUT2D eigenvalue weighted by Crippen LogP contribution is -2.28. The lowest BCUT2D eigenvalue weighted by Gasteiger charge is -2.19. The fourth-order valence-electron chi connectivity index (χ4n) is 4.30. The van der Waals surface area contributed by atoms with Crippen molar-refractivity contribution in [3.63, 3.8) is 0 Å². The van der Waals surface area contributed by atoms with Crippen molar-refractivity contribution < 1.29 is 8.42 Å². The highest BCUT2D eigenvalue weighted by molar-refractivity contribution is 7.94. The number of anilines is 1. The van der Waals surface area contributed by atoms with Gasteiger partial charge in [-0.05, 0) is 48.6 Å². The van der Waals surface area contributed by atoms with E-state index in [1.54, 1.807) is 6.07 Å². The van der Waals surface area contributed by atoms with Gasteiger partial charge in [0.05, 0.1) is 5.69 Å². The number of hydrogen-bond acceptors (Lipinski definition) is 4. The number of thiophene rings is 1. The van der Waals surface area contributed by atoms with Gasteiger partial charge in [-0.3, -0.25) is 4.72 Å². The second-order valence-corrected chi connectivity index (χ2v) is 11.4. The molecule has 1 atom stereocenters. The summed E-state index contributed by atoms with van der Waals surface area (Å²) in [5, 5.41) is 3.59. The molecule has 0 spiro atoms. The highest BCUT2D eigenvalue weighted by atomic mass is 32.2. The molecule has 4 nitrogen and oxygen atoms in total. The van der Waals surface area contributed by atoms with Crippen LogP contribution in [0.5, 0.6) is 0 Å². The molecular formula is C25H30N2O2S2. The van der Waals surface area contributed by atoms with E-state index in [0.717, 1.165) is 21.9 Å². The van der Waals surface area contributed by atoms with Crippen molar-refractivity contribution in [1.29, 1.82) is 0 Å². The van der Waals surface area contributed by atoms with Gasteiger partial charge >= 0.3 is 0 Å². The molecule has 2 aromatic carbocycles. The van der Waals surface area contributed by atoms with E-state index in [0.29, 0.717) is 22.5 Å². The minimum Gasteiger partial charge on any atom is -0.310 e. The van der Waals surface area contributed by atoms with Crippen LogP contribution >= 0.6 is 11.3 Å². The quantitative estimate of drug-likeness (QED) is 0.400. The standard InChI is InChI=1S/C25H30N2O2S2/c1-19(17-20-9-5-6-10-20)26-18-22-13-7-8-14-23(22)27-31(28,29)25-16-15-24(30-25)21-11-3-2-4-12-21/h2-4,7-8,11-16,19-20,26-27H,5-6,9-10,17-18H2,1H3/t19-/m0/s1. The lowest BCUT2D eigenvalue weighted by atomic mass is 9.99. The van der Waals surface area contributed by atoms with Crippen molar-refractivity contribution in [2.24, 2.45) is 5.92 Å². The Balaban J connectivity index is 1.43. The molecule has 1 saturated carbocycles. The van der Waals surface area contributed by atoms with E-state index in [1.807, 2.05) is 60.7 Å². The maximum atomic E-state index is 13.0. The second-order valence-electron chi connectivity index (χ2n) is 8.42. The molecule has 0 aliphatic heterocycles.